The highest BCUT2D eigenvalue weighted by molar-refractivity contribution is 6.47. The number of halogens is 6. The summed E-state index contributed by atoms with van der Waals surface area (Å²) in [6.07, 6.45) is 4.01. The highest BCUT2D eigenvalue weighted by Crippen LogP contribution is 2.59. The average Bonchev–Trinajstić information content (AvgIpc) is 3.93. The topological polar surface area (TPSA) is 105 Å². The molecule has 2 saturated carbocycles. The minimum Gasteiger partial charge on any atom is -0.462 e. The largest absolute Gasteiger partial charge is 0.462 e. The van der Waals surface area contributed by atoms with E-state index in [2.05, 4.69) is 27.7 Å². The lowest BCUT2D eigenvalue weighted by molar-refractivity contribution is -0.156. The van der Waals surface area contributed by atoms with Crippen LogP contribution in [-0.4, -0.2) is 37.1 Å². The number of hydrogen-bond acceptors (Lipinski definition) is 8. The van der Waals surface area contributed by atoms with Gasteiger partial charge in [-0.1, -0.05) is 124 Å². The maximum atomic E-state index is 13.2. The Kier molecular flexibility index (Phi) is 12.2. The lowest BCUT2D eigenvalue weighted by atomic mass is 9.96. The van der Waals surface area contributed by atoms with E-state index >= 15 is 0 Å². The second kappa shape index (κ2) is 15.1. The van der Waals surface area contributed by atoms with Crippen molar-refractivity contribution in [1.82, 2.24) is 0 Å². The Bertz CT molecular complexity index is 1530. The summed E-state index contributed by atoms with van der Waals surface area (Å²) >= 11 is 37.6. The molecule has 0 heterocycles. The lowest BCUT2D eigenvalue weighted by Crippen LogP contribution is -2.28. The maximum Gasteiger partial charge on any atom is 0.423 e. The fourth-order valence-electron chi connectivity index (χ4n) is 6.26. The van der Waals surface area contributed by atoms with Gasteiger partial charge in [0.25, 0.3) is 0 Å². The molecule has 6 unspecified atom stereocenters. The van der Waals surface area contributed by atoms with Crippen molar-refractivity contribution in [2.45, 2.75) is 67.2 Å². The van der Waals surface area contributed by atoms with Crippen LogP contribution in [0.5, 0.6) is 11.5 Å². The Morgan fingerprint density at radius 1 is 0.667 bits per heavy atom. The van der Waals surface area contributed by atoms with Crippen LogP contribution in [0.3, 0.4) is 0 Å². The van der Waals surface area contributed by atoms with Gasteiger partial charge in [0, 0.05) is 0 Å². The number of hydrogen-bond donors (Lipinski definition) is 0. The summed E-state index contributed by atoms with van der Waals surface area (Å²) in [6.45, 7) is 12.6. The zero-order chi connectivity index (χ0) is 35.9. The van der Waals surface area contributed by atoms with E-state index in [0.29, 0.717) is 11.8 Å². The Labute approximate surface area is 309 Å². The van der Waals surface area contributed by atoms with Crippen LogP contribution in [0.4, 0.5) is 0 Å². The molecule has 14 heteroatoms. The van der Waals surface area contributed by atoms with Crippen LogP contribution in [0.25, 0.3) is 0 Å². The summed E-state index contributed by atoms with van der Waals surface area (Å²) in [7, 11) is 0. The molecule has 2 aromatic carbocycles. The first-order chi connectivity index (χ1) is 22.4. The van der Waals surface area contributed by atoms with Crippen LogP contribution >= 0.6 is 69.6 Å². The summed E-state index contributed by atoms with van der Waals surface area (Å²) in [5.41, 5.74) is -0.553. The third-order valence-corrected chi connectivity index (χ3v) is 12.1. The molecule has 262 valence electrons. The summed E-state index contributed by atoms with van der Waals surface area (Å²) in [4.78, 5) is 52.5. The molecule has 2 aliphatic rings. The minimum atomic E-state index is -1.64. The number of carbonyl (C=O) groups excluding carboxylic acids is 4. The van der Waals surface area contributed by atoms with Gasteiger partial charge in [-0.05, 0) is 59.5 Å². The molecule has 4 rings (SSSR count). The van der Waals surface area contributed by atoms with E-state index in [1.165, 1.54) is 0 Å². The smallest absolute Gasteiger partial charge is 0.423 e. The van der Waals surface area contributed by atoms with Gasteiger partial charge in [0.2, 0.25) is 0 Å². The predicted octanol–water partition coefficient (Wildman–Crippen LogP) is 10.6. The van der Waals surface area contributed by atoms with Gasteiger partial charge in [-0.25, -0.2) is 19.2 Å². The second-order valence-electron chi connectivity index (χ2n) is 13.3. The van der Waals surface area contributed by atoms with Gasteiger partial charge in [-0.3, -0.25) is 0 Å². The fraction of sp³-hybridized carbons (Fsp3) is 0.529. The van der Waals surface area contributed by atoms with Crippen LogP contribution < -0.4 is 9.47 Å². The summed E-state index contributed by atoms with van der Waals surface area (Å²) in [6, 6.07) is 2.26. The molecule has 0 saturated heterocycles. The summed E-state index contributed by atoms with van der Waals surface area (Å²) < 4.78 is 21.5. The van der Waals surface area contributed by atoms with E-state index < -0.39 is 46.5 Å². The molecule has 0 bridgehead atoms. The molecule has 2 aromatic rings. The van der Waals surface area contributed by atoms with Gasteiger partial charge in [0.15, 0.2) is 11.5 Å². The van der Waals surface area contributed by atoms with Crippen LogP contribution in [0, 0.1) is 34.5 Å². The third kappa shape index (κ3) is 8.16. The molecular formula is C34H36Cl6O8. The first kappa shape index (κ1) is 38.9. The second-order valence-corrected chi connectivity index (χ2v) is 15.7. The fourth-order valence-corrected chi connectivity index (χ4v) is 7.70. The highest BCUT2D eigenvalue weighted by Gasteiger charge is 2.52. The number of rotatable bonds is 12. The maximum absolute atomic E-state index is 13.2. The Balaban J connectivity index is 1.51. The van der Waals surface area contributed by atoms with Crippen LogP contribution in [-0.2, 0) is 19.1 Å². The molecule has 0 aromatic heterocycles. The lowest BCUT2D eigenvalue weighted by Gasteiger charge is -2.18. The van der Waals surface area contributed by atoms with Gasteiger partial charge < -0.3 is 18.9 Å². The minimum absolute atomic E-state index is 0.0404. The van der Waals surface area contributed by atoms with Crippen LogP contribution in [0.15, 0.2) is 12.1 Å². The first-order valence-corrected chi connectivity index (χ1v) is 17.8. The molecule has 2 aliphatic carbocycles. The Morgan fingerprint density at radius 2 is 1.00 bits per heavy atom. The Morgan fingerprint density at radius 3 is 1.29 bits per heavy atom. The van der Waals surface area contributed by atoms with Gasteiger partial charge in [0.05, 0.1) is 43.3 Å². The van der Waals surface area contributed by atoms with Crippen molar-refractivity contribution in [3.8, 4) is 11.5 Å². The predicted molar refractivity (Wildman–Crippen MR) is 186 cm³/mol. The van der Waals surface area contributed by atoms with Crippen molar-refractivity contribution in [3.05, 3.63) is 53.4 Å². The van der Waals surface area contributed by atoms with Gasteiger partial charge in [-0.2, -0.15) is 0 Å². The molecule has 0 N–H and O–H groups in total. The van der Waals surface area contributed by atoms with Crippen molar-refractivity contribution in [2.75, 3.05) is 13.2 Å². The van der Waals surface area contributed by atoms with Crippen molar-refractivity contribution < 1.29 is 38.1 Å². The zero-order valence-corrected chi connectivity index (χ0v) is 31.8. The number of esters is 4. The van der Waals surface area contributed by atoms with E-state index in [4.69, 9.17) is 88.6 Å². The van der Waals surface area contributed by atoms with Crippen molar-refractivity contribution >= 4 is 93.5 Å². The van der Waals surface area contributed by atoms with E-state index in [1.807, 2.05) is 13.8 Å². The van der Waals surface area contributed by atoms with Crippen molar-refractivity contribution in [3.63, 3.8) is 0 Å². The average molecular weight is 785 g/mol. The molecule has 0 radical (unpaired) electrons. The molecule has 0 amide bonds. The van der Waals surface area contributed by atoms with E-state index in [1.54, 1.807) is 0 Å². The van der Waals surface area contributed by atoms with E-state index in [0.717, 1.165) is 37.8 Å². The number of carbonyl (C=O) groups is 4. The van der Waals surface area contributed by atoms with Crippen molar-refractivity contribution in [2.24, 2.45) is 34.5 Å². The normalized spacial score (nSPS) is 23.9. The first-order valence-electron chi connectivity index (χ1n) is 15.5. The highest BCUT2D eigenvalue weighted by atomic mass is 35.5. The number of ether oxygens (including phenoxy) is 4. The quantitative estimate of drug-likeness (QED) is 0.0907. The van der Waals surface area contributed by atoms with Gasteiger partial charge >= 0.3 is 23.9 Å². The SMILES string of the molecule is CCC1(C)CC1C(C)COC(=O)c1c(Cl)c(Cl)cc(Cl)c1OC(=O)C(=O)Oc1c(Cl)cc(Cl)c(Cl)c1C(=O)OCC(C)C1CC1(C)CC. The molecule has 2 fully saturated rings. The van der Waals surface area contributed by atoms with Gasteiger partial charge in [0.1, 0.15) is 11.1 Å². The van der Waals surface area contributed by atoms with E-state index in [-0.39, 0.29) is 66.0 Å². The van der Waals surface area contributed by atoms with Crippen LogP contribution in [0.1, 0.15) is 87.9 Å². The molecule has 0 spiro atoms. The monoisotopic (exact) mass is 782 g/mol. The zero-order valence-electron chi connectivity index (χ0n) is 27.2. The van der Waals surface area contributed by atoms with E-state index in [9.17, 15) is 19.2 Å². The van der Waals surface area contributed by atoms with Gasteiger partial charge in [-0.15, -0.1) is 0 Å². The molecule has 6 atom stereocenters. The van der Waals surface area contributed by atoms with Crippen LogP contribution in [0.2, 0.25) is 30.1 Å². The summed E-state index contributed by atoms with van der Waals surface area (Å²) in [5.74, 6) is -5.56. The molecular weight excluding hydrogens is 749 g/mol. The van der Waals surface area contributed by atoms with Crippen molar-refractivity contribution in [1.29, 1.82) is 0 Å². The molecule has 8 nitrogen and oxygen atoms in total. The number of benzene rings is 2. The molecule has 0 aliphatic heterocycles. The third-order valence-electron chi connectivity index (χ3n) is 10.0. The Hall–Kier alpha value is -1.94. The standard InChI is InChI=1S/C34H36Cl6O8/c1-7-33(5)11-17(33)15(3)13-45-29(41)23-25(39)19(35)9-21(37)27(23)47-31(43)32(44)48-28-22(38)10-20(36)26(40)24(28)30(42)46-14-16(4)18-12-34(18,6)8-2/h9-10,15-18H,7-8,11-14H2,1-6H3. The molecule has 48 heavy (non-hydrogen) atoms. The summed E-state index contributed by atoms with van der Waals surface area (Å²) in [5, 5.41) is -1.48.